The van der Waals surface area contributed by atoms with E-state index in [4.69, 9.17) is 0 Å². The fourth-order valence-electron chi connectivity index (χ4n) is 3.11. The molecule has 1 aromatic heterocycles. The smallest absolute Gasteiger partial charge is 0.347 e. The van der Waals surface area contributed by atoms with E-state index in [-0.39, 0.29) is 11.0 Å². The Morgan fingerprint density at radius 2 is 1.89 bits per heavy atom. The first-order chi connectivity index (χ1) is 12.3. The minimum absolute atomic E-state index is 0.0709. The zero-order chi connectivity index (χ0) is 20.2. The SMILES string of the molecule is CC(C)(C)Cn1cc([C@H](NS(=O)(=O)C2CC2)C(F)(F)F)c2ccc(Br)cc21. The summed E-state index contributed by atoms with van der Waals surface area (Å²) in [6.45, 7) is 6.48. The van der Waals surface area contributed by atoms with E-state index in [1.807, 2.05) is 25.5 Å². The van der Waals surface area contributed by atoms with Crippen molar-refractivity contribution in [2.45, 2.75) is 57.6 Å². The van der Waals surface area contributed by atoms with Crippen molar-refractivity contribution in [3.8, 4) is 0 Å². The molecule has 9 heteroatoms. The molecule has 0 spiro atoms. The lowest BCUT2D eigenvalue weighted by molar-refractivity contribution is -0.152. The van der Waals surface area contributed by atoms with Crippen molar-refractivity contribution in [1.29, 1.82) is 0 Å². The number of hydrogen-bond acceptors (Lipinski definition) is 2. The zero-order valence-electron chi connectivity index (χ0n) is 15.3. The van der Waals surface area contributed by atoms with Gasteiger partial charge in [-0.3, -0.25) is 0 Å². The van der Waals surface area contributed by atoms with Crippen LogP contribution in [0.15, 0.2) is 28.9 Å². The van der Waals surface area contributed by atoms with Crippen molar-refractivity contribution in [3.63, 3.8) is 0 Å². The second kappa shape index (κ2) is 6.77. The summed E-state index contributed by atoms with van der Waals surface area (Å²) in [6, 6.07) is 2.75. The van der Waals surface area contributed by atoms with Crippen molar-refractivity contribution < 1.29 is 21.6 Å². The highest BCUT2D eigenvalue weighted by Gasteiger charge is 2.47. The molecule has 0 amide bonds. The van der Waals surface area contributed by atoms with Crippen LogP contribution in [0.25, 0.3) is 10.9 Å². The lowest BCUT2D eigenvalue weighted by atomic mass is 9.97. The Labute approximate surface area is 165 Å². The van der Waals surface area contributed by atoms with Crippen molar-refractivity contribution in [2.75, 3.05) is 0 Å². The molecule has 3 rings (SSSR count). The van der Waals surface area contributed by atoms with Crippen LogP contribution in [0.2, 0.25) is 0 Å². The maximum absolute atomic E-state index is 13.8. The third-order valence-electron chi connectivity index (χ3n) is 4.40. The first kappa shape index (κ1) is 20.7. The number of nitrogens with zero attached hydrogens (tertiary/aromatic N) is 1. The molecule has 0 saturated heterocycles. The Morgan fingerprint density at radius 1 is 1.26 bits per heavy atom. The number of hydrogen-bond donors (Lipinski definition) is 1. The third-order valence-corrected chi connectivity index (χ3v) is 6.81. The quantitative estimate of drug-likeness (QED) is 0.663. The number of sulfonamides is 1. The normalized spacial score (nSPS) is 17.4. The molecule has 1 heterocycles. The third kappa shape index (κ3) is 4.68. The van der Waals surface area contributed by atoms with E-state index in [1.54, 1.807) is 22.8 Å². The average molecular weight is 467 g/mol. The van der Waals surface area contributed by atoms with E-state index in [1.165, 1.54) is 6.20 Å². The maximum Gasteiger partial charge on any atom is 0.408 e. The Morgan fingerprint density at radius 3 is 2.41 bits per heavy atom. The summed E-state index contributed by atoms with van der Waals surface area (Å²) in [4.78, 5) is 0. The van der Waals surface area contributed by atoms with Gasteiger partial charge in [-0.25, -0.2) is 8.42 Å². The number of nitrogens with one attached hydrogen (secondary N) is 1. The lowest BCUT2D eigenvalue weighted by Crippen LogP contribution is -2.39. The van der Waals surface area contributed by atoms with E-state index in [2.05, 4.69) is 15.9 Å². The second-order valence-electron chi connectivity index (χ2n) is 8.27. The van der Waals surface area contributed by atoms with Crippen LogP contribution in [-0.2, 0) is 16.6 Å². The summed E-state index contributed by atoms with van der Waals surface area (Å²) >= 11 is 3.36. The molecule has 1 aliphatic carbocycles. The van der Waals surface area contributed by atoms with E-state index in [9.17, 15) is 21.6 Å². The molecule has 1 aromatic carbocycles. The summed E-state index contributed by atoms with van der Waals surface area (Å²) in [6.07, 6.45) is -2.51. The molecule has 0 unspecified atom stereocenters. The molecule has 0 aliphatic heterocycles. The molecule has 1 N–H and O–H groups in total. The number of rotatable bonds is 5. The molecule has 0 radical (unpaired) electrons. The van der Waals surface area contributed by atoms with Crippen LogP contribution in [0.5, 0.6) is 0 Å². The lowest BCUT2D eigenvalue weighted by Gasteiger charge is -2.22. The Balaban J connectivity index is 2.14. The topological polar surface area (TPSA) is 51.1 Å². The number of benzene rings is 1. The van der Waals surface area contributed by atoms with Gasteiger partial charge in [-0.2, -0.15) is 17.9 Å². The highest BCUT2D eigenvalue weighted by molar-refractivity contribution is 9.10. The van der Waals surface area contributed by atoms with Crippen LogP contribution in [0.3, 0.4) is 0 Å². The summed E-state index contributed by atoms with van der Waals surface area (Å²) in [5.74, 6) is 0. The van der Waals surface area contributed by atoms with Crippen LogP contribution >= 0.6 is 15.9 Å². The van der Waals surface area contributed by atoms with Gasteiger partial charge in [-0.1, -0.05) is 42.8 Å². The Bertz CT molecular complexity index is 957. The monoisotopic (exact) mass is 466 g/mol. The largest absolute Gasteiger partial charge is 0.408 e. The molecule has 2 aromatic rings. The van der Waals surface area contributed by atoms with Gasteiger partial charge in [0.15, 0.2) is 0 Å². The van der Waals surface area contributed by atoms with Crippen LogP contribution in [0, 0.1) is 5.41 Å². The molecule has 1 aliphatic rings. The number of fused-ring (bicyclic) bond motifs is 1. The van der Waals surface area contributed by atoms with Gasteiger partial charge in [0.2, 0.25) is 10.0 Å². The second-order valence-corrected chi connectivity index (χ2v) is 11.2. The maximum atomic E-state index is 13.8. The van der Waals surface area contributed by atoms with E-state index in [0.717, 1.165) is 4.47 Å². The van der Waals surface area contributed by atoms with E-state index >= 15 is 0 Å². The molecule has 0 bridgehead atoms. The van der Waals surface area contributed by atoms with Gasteiger partial charge in [-0.15, -0.1) is 0 Å². The van der Waals surface area contributed by atoms with E-state index in [0.29, 0.717) is 30.3 Å². The van der Waals surface area contributed by atoms with Crippen molar-refractivity contribution >= 4 is 36.9 Å². The van der Waals surface area contributed by atoms with Crippen molar-refractivity contribution in [2.24, 2.45) is 5.41 Å². The summed E-state index contributed by atoms with van der Waals surface area (Å²) in [5.41, 5.74) is 0.403. The van der Waals surface area contributed by atoms with Crippen molar-refractivity contribution in [1.82, 2.24) is 9.29 Å². The number of halogens is 4. The highest BCUT2D eigenvalue weighted by Crippen LogP contribution is 2.40. The molecular weight excluding hydrogens is 445 g/mol. The molecule has 1 fully saturated rings. The van der Waals surface area contributed by atoms with Gasteiger partial charge in [0.25, 0.3) is 0 Å². The Kier molecular flexibility index (Phi) is 5.18. The van der Waals surface area contributed by atoms with E-state index < -0.39 is 27.5 Å². The van der Waals surface area contributed by atoms with Gasteiger partial charge in [0.05, 0.1) is 5.25 Å². The molecule has 27 heavy (non-hydrogen) atoms. The van der Waals surface area contributed by atoms with Crippen LogP contribution in [0.1, 0.15) is 45.2 Å². The van der Waals surface area contributed by atoms with Gasteiger partial charge in [0.1, 0.15) is 6.04 Å². The fourth-order valence-corrected chi connectivity index (χ4v) is 5.00. The zero-order valence-corrected chi connectivity index (χ0v) is 17.7. The minimum atomic E-state index is -4.74. The average Bonchev–Trinajstić information content (AvgIpc) is 3.29. The molecule has 1 atom stereocenters. The predicted octanol–water partition coefficient (Wildman–Crippen LogP) is 5.14. The predicted molar refractivity (Wildman–Crippen MR) is 103 cm³/mol. The highest BCUT2D eigenvalue weighted by atomic mass is 79.9. The van der Waals surface area contributed by atoms with Crippen LogP contribution in [0.4, 0.5) is 13.2 Å². The Hall–Kier alpha value is -1.06. The summed E-state index contributed by atoms with van der Waals surface area (Å²) < 4.78 is 70.4. The fraction of sp³-hybridized carbons (Fsp3) is 0.556. The number of alkyl halides is 3. The summed E-state index contributed by atoms with van der Waals surface area (Å²) in [5, 5.41) is -0.331. The molecule has 150 valence electrons. The summed E-state index contributed by atoms with van der Waals surface area (Å²) in [7, 11) is -4.01. The molecular formula is C18H22BrF3N2O2S. The molecule has 4 nitrogen and oxygen atoms in total. The first-order valence-corrected chi connectivity index (χ1v) is 11.0. The van der Waals surface area contributed by atoms with Crippen molar-refractivity contribution in [3.05, 3.63) is 34.4 Å². The van der Waals surface area contributed by atoms with Gasteiger partial charge in [0, 0.05) is 33.7 Å². The number of aromatic nitrogens is 1. The van der Waals surface area contributed by atoms with Gasteiger partial charge < -0.3 is 4.57 Å². The van der Waals surface area contributed by atoms with Crippen LogP contribution < -0.4 is 4.72 Å². The standard InChI is InChI=1S/C18H22BrF3N2O2S/c1-17(2,3)10-24-9-14(13-7-4-11(19)8-15(13)24)16(18(20,21)22)23-27(25,26)12-5-6-12/h4,7-9,12,16,23H,5-6,10H2,1-3H3/t16-/m0/s1. The minimum Gasteiger partial charge on any atom is -0.347 e. The van der Waals surface area contributed by atoms with Gasteiger partial charge >= 0.3 is 6.18 Å². The van der Waals surface area contributed by atoms with Crippen LogP contribution in [-0.4, -0.2) is 24.4 Å². The van der Waals surface area contributed by atoms with Gasteiger partial charge in [-0.05, 0) is 30.4 Å². The molecule has 1 saturated carbocycles. The first-order valence-electron chi connectivity index (χ1n) is 8.64.